The second kappa shape index (κ2) is 11.7. The molecule has 198 valence electrons. The number of carboxylic acid groups (broad SMARTS) is 1. The average Bonchev–Trinajstić information content (AvgIpc) is 3.27. The average molecular weight is 523 g/mol. The maximum atomic E-state index is 13.2. The molecule has 1 amide bonds. The van der Waals surface area contributed by atoms with Crippen molar-refractivity contribution in [2.45, 2.75) is 26.3 Å². The van der Waals surface area contributed by atoms with E-state index in [1.165, 1.54) is 0 Å². The number of nitrogens with one attached hydrogen (secondary N) is 1. The van der Waals surface area contributed by atoms with Gasteiger partial charge in [0, 0.05) is 24.0 Å². The van der Waals surface area contributed by atoms with Crippen LogP contribution in [0.5, 0.6) is 17.2 Å². The third-order valence-corrected chi connectivity index (χ3v) is 6.53. The van der Waals surface area contributed by atoms with E-state index in [1.807, 2.05) is 78.9 Å². The Morgan fingerprint density at radius 1 is 0.821 bits per heavy atom. The van der Waals surface area contributed by atoms with E-state index in [1.54, 1.807) is 12.1 Å². The molecule has 0 aliphatic heterocycles. The van der Waals surface area contributed by atoms with E-state index in [-0.39, 0.29) is 5.91 Å². The van der Waals surface area contributed by atoms with Crippen LogP contribution in [-0.4, -0.2) is 34.7 Å². The van der Waals surface area contributed by atoms with E-state index in [4.69, 9.17) is 9.47 Å². The number of carbonyl (C=O) groups is 2. The minimum Gasteiger partial charge on any atom is -0.481 e. The molecule has 2 N–H and O–H groups in total. The highest BCUT2D eigenvalue weighted by Crippen LogP contribution is 2.38. The molecule has 0 fully saturated rings. The van der Waals surface area contributed by atoms with Gasteiger partial charge in [-0.25, -0.2) is 4.79 Å². The van der Waals surface area contributed by atoms with Crippen LogP contribution in [0.3, 0.4) is 0 Å². The lowest BCUT2D eigenvalue weighted by molar-refractivity contribution is -0.139. The molecule has 1 heterocycles. The lowest BCUT2D eigenvalue weighted by Gasteiger charge is -2.10. The summed E-state index contributed by atoms with van der Waals surface area (Å²) in [5.41, 5.74) is 3.30. The lowest BCUT2D eigenvalue weighted by Crippen LogP contribution is -2.24. The number of para-hydroxylation sites is 1. The summed E-state index contributed by atoms with van der Waals surface area (Å²) in [7, 11) is 0. The molecule has 39 heavy (non-hydrogen) atoms. The van der Waals surface area contributed by atoms with Crippen molar-refractivity contribution >= 4 is 33.7 Å². The van der Waals surface area contributed by atoms with E-state index >= 15 is 0 Å². The molecular weight excluding hydrogens is 492 g/mol. The van der Waals surface area contributed by atoms with Gasteiger partial charge in [-0.2, -0.15) is 0 Å². The zero-order valence-corrected chi connectivity index (χ0v) is 21.7. The number of aromatic nitrogens is 1. The lowest BCUT2D eigenvalue weighted by atomic mass is 10.0. The molecule has 4 aromatic carbocycles. The molecule has 0 spiro atoms. The smallest absolute Gasteiger partial charge is 0.341 e. The van der Waals surface area contributed by atoms with Crippen molar-refractivity contribution in [3.8, 4) is 17.2 Å². The normalized spacial score (nSPS) is 11.0. The summed E-state index contributed by atoms with van der Waals surface area (Å²) < 4.78 is 13.8. The van der Waals surface area contributed by atoms with E-state index in [2.05, 4.69) is 16.8 Å². The van der Waals surface area contributed by atoms with Gasteiger partial charge in [0.2, 0.25) is 0 Å². The first kappa shape index (κ1) is 25.9. The Hall–Kier alpha value is -4.78. The number of carboxylic acids is 1. The van der Waals surface area contributed by atoms with Gasteiger partial charge < -0.3 is 24.5 Å². The summed E-state index contributed by atoms with van der Waals surface area (Å²) >= 11 is 0. The maximum absolute atomic E-state index is 13.2. The fourth-order valence-electron chi connectivity index (χ4n) is 4.72. The topological polar surface area (TPSA) is 89.8 Å². The molecular formula is C32H30N2O5. The Labute approximate surface area is 226 Å². The zero-order chi connectivity index (χ0) is 27.2. The number of ether oxygens (including phenoxy) is 2. The molecule has 0 radical (unpaired) electrons. The SMILES string of the molecule is CCCCNC(=O)c1cccc2c1c1c(OCC(=O)O)cccc1n2Cc1ccc(Oc2ccccc2)cc1. The van der Waals surface area contributed by atoms with Crippen LogP contribution >= 0.6 is 0 Å². The van der Waals surface area contributed by atoms with E-state index in [9.17, 15) is 14.7 Å². The number of hydrogen-bond donors (Lipinski definition) is 2. The number of hydrogen-bond acceptors (Lipinski definition) is 4. The van der Waals surface area contributed by atoms with Gasteiger partial charge in [-0.1, -0.05) is 55.8 Å². The first-order valence-corrected chi connectivity index (χ1v) is 13.0. The quantitative estimate of drug-likeness (QED) is 0.190. The van der Waals surface area contributed by atoms with Gasteiger partial charge in [-0.05, 0) is 60.5 Å². The molecule has 0 unspecified atom stereocenters. The molecule has 0 atom stereocenters. The van der Waals surface area contributed by atoms with Crippen LogP contribution in [0.4, 0.5) is 0 Å². The third-order valence-electron chi connectivity index (χ3n) is 6.53. The third kappa shape index (κ3) is 5.72. The molecule has 5 aromatic rings. The van der Waals surface area contributed by atoms with Crippen LogP contribution in [0, 0.1) is 0 Å². The molecule has 7 heteroatoms. The van der Waals surface area contributed by atoms with Crippen molar-refractivity contribution in [3.63, 3.8) is 0 Å². The van der Waals surface area contributed by atoms with Crippen LogP contribution in [-0.2, 0) is 11.3 Å². The Balaban J connectivity index is 1.56. The minimum atomic E-state index is -1.06. The number of aliphatic carboxylic acids is 1. The molecule has 0 aliphatic carbocycles. The van der Waals surface area contributed by atoms with E-state index in [0.29, 0.717) is 24.4 Å². The second-order valence-corrected chi connectivity index (χ2v) is 9.29. The summed E-state index contributed by atoms with van der Waals surface area (Å²) in [6, 6.07) is 28.7. The van der Waals surface area contributed by atoms with Crippen molar-refractivity contribution in [1.29, 1.82) is 0 Å². The van der Waals surface area contributed by atoms with Crippen LogP contribution in [0.15, 0.2) is 91.0 Å². The molecule has 0 saturated heterocycles. The predicted octanol–water partition coefficient (Wildman–Crippen LogP) is 6.63. The van der Waals surface area contributed by atoms with Crippen molar-refractivity contribution in [3.05, 3.63) is 102 Å². The Bertz CT molecular complexity index is 1610. The van der Waals surface area contributed by atoms with Gasteiger partial charge in [-0.15, -0.1) is 0 Å². The first-order chi connectivity index (χ1) is 19.0. The summed E-state index contributed by atoms with van der Waals surface area (Å²) in [4.78, 5) is 24.5. The predicted molar refractivity (Wildman–Crippen MR) is 152 cm³/mol. The molecule has 0 saturated carbocycles. The van der Waals surface area contributed by atoms with E-state index in [0.717, 1.165) is 51.7 Å². The Morgan fingerprint density at radius 2 is 1.51 bits per heavy atom. The first-order valence-electron chi connectivity index (χ1n) is 13.0. The Kier molecular flexibility index (Phi) is 7.78. The van der Waals surface area contributed by atoms with Gasteiger partial charge in [-0.3, -0.25) is 4.79 Å². The summed E-state index contributed by atoms with van der Waals surface area (Å²) in [5, 5.41) is 13.7. The van der Waals surface area contributed by atoms with Gasteiger partial charge in [0.15, 0.2) is 6.61 Å². The largest absolute Gasteiger partial charge is 0.481 e. The second-order valence-electron chi connectivity index (χ2n) is 9.29. The highest BCUT2D eigenvalue weighted by atomic mass is 16.5. The number of amides is 1. The monoisotopic (exact) mass is 522 g/mol. The zero-order valence-electron chi connectivity index (χ0n) is 21.7. The minimum absolute atomic E-state index is 0.163. The summed E-state index contributed by atoms with van der Waals surface area (Å²) in [6.45, 7) is 2.73. The van der Waals surface area contributed by atoms with Crippen LogP contribution in [0.2, 0.25) is 0 Å². The van der Waals surface area contributed by atoms with Crippen molar-refractivity contribution in [1.82, 2.24) is 9.88 Å². The fraction of sp³-hybridized carbons (Fsp3) is 0.188. The highest BCUT2D eigenvalue weighted by molar-refractivity contribution is 6.20. The summed E-state index contributed by atoms with van der Waals surface area (Å²) in [6.07, 6.45) is 1.87. The fourth-order valence-corrected chi connectivity index (χ4v) is 4.72. The molecule has 0 aliphatic rings. The van der Waals surface area contributed by atoms with Crippen LogP contribution in [0.1, 0.15) is 35.7 Å². The molecule has 5 rings (SSSR count). The maximum Gasteiger partial charge on any atom is 0.341 e. The number of nitrogens with zero attached hydrogens (tertiary/aromatic N) is 1. The Morgan fingerprint density at radius 3 is 2.23 bits per heavy atom. The van der Waals surface area contributed by atoms with Gasteiger partial charge in [0.05, 0.1) is 16.4 Å². The van der Waals surface area contributed by atoms with Crippen molar-refractivity contribution in [2.24, 2.45) is 0 Å². The van der Waals surface area contributed by atoms with Gasteiger partial charge >= 0.3 is 5.97 Å². The highest BCUT2D eigenvalue weighted by Gasteiger charge is 2.21. The van der Waals surface area contributed by atoms with Gasteiger partial charge in [0.25, 0.3) is 5.91 Å². The number of unbranched alkanes of at least 4 members (excludes halogenated alkanes) is 1. The van der Waals surface area contributed by atoms with E-state index < -0.39 is 12.6 Å². The summed E-state index contributed by atoms with van der Waals surface area (Å²) in [5.74, 6) is 0.711. The number of benzene rings is 4. The number of rotatable bonds is 11. The van der Waals surface area contributed by atoms with Crippen LogP contribution < -0.4 is 14.8 Å². The number of carbonyl (C=O) groups excluding carboxylic acids is 1. The molecule has 1 aromatic heterocycles. The molecule has 7 nitrogen and oxygen atoms in total. The van der Waals surface area contributed by atoms with Crippen molar-refractivity contribution < 1.29 is 24.2 Å². The number of fused-ring (bicyclic) bond motifs is 3. The van der Waals surface area contributed by atoms with Crippen molar-refractivity contribution in [2.75, 3.05) is 13.2 Å². The van der Waals surface area contributed by atoms with Gasteiger partial charge in [0.1, 0.15) is 17.2 Å². The standard InChI is InChI=1S/C32H30N2O5/c1-2-3-19-33-32(37)25-11-7-12-26-30(25)31-27(13-8-14-28(31)38-21-29(35)36)34(26)20-22-15-17-24(18-16-22)39-23-9-5-4-6-10-23/h4-18H,2-3,19-21H2,1H3,(H,33,37)(H,35,36). The molecule has 0 bridgehead atoms. The van der Waals surface area contributed by atoms with Crippen LogP contribution in [0.25, 0.3) is 21.8 Å².